The summed E-state index contributed by atoms with van der Waals surface area (Å²) in [7, 11) is -2.52. The third-order valence-electron chi connectivity index (χ3n) is 6.39. The van der Waals surface area contributed by atoms with Gasteiger partial charge in [-0.2, -0.15) is 0 Å². The van der Waals surface area contributed by atoms with E-state index in [0.29, 0.717) is 19.4 Å². The summed E-state index contributed by atoms with van der Waals surface area (Å²) in [6, 6.07) is 29.2. The quantitative estimate of drug-likeness (QED) is 0.131. The number of hydrogen-bond donors (Lipinski definition) is 0. The molecule has 190 valence electrons. The van der Waals surface area contributed by atoms with Crippen LogP contribution in [0.15, 0.2) is 89.5 Å². The van der Waals surface area contributed by atoms with Crippen molar-refractivity contribution >= 4 is 52.2 Å². The first-order valence-electron chi connectivity index (χ1n) is 12.2. The number of rotatable bonds is 9. The minimum absolute atomic E-state index is 0.112. The van der Waals surface area contributed by atoms with Crippen molar-refractivity contribution in [3.8, 4) is 5.75 Å². The number of anilines is 1. The van der Waals surface area contributed by atoms with E-state index < -0.39 is 10.1 Å². The Morgan fingerprint density at radius 2 is 1.76 bits per heavy atom. The van der Waals surface area contributed by atoms with E-state index in [9.17, 15) is 13.0 Å². The Balaban J connectivity index is 1.54. The van der Waals surface area contributed by atoms with E-state index in [4.69, 9.17) is 4.74 Å². The summed E-state index contributed by atoms with van der Waals surface area (Å²) in [5.41, 5.74) is 4.60. The summed E-state index contributed by atoms with van der Waals surface area (Å²) < 4.78 is 43.5. The molecule has 6 nitrogen and oxygen atoms in total. The van der Waals surface area contributed by atoms with Crippen LogP contribution in [0.4, 0.5) is 5.69 Å². The Kier molecular flexibility index (Phi) is 7.63. The van der Waals surface area contributed by atoms with E-state index in [-0.39, 0.29) is 20.7 Å². The first-order chi connectivity index (χ1) is 17.9. The predicted molar refractivity (Wildman–Crippen MR) is 147 cm³/mol. The van der Waals surface area contributed by atoms with Crippen molar-refractivity contribution in [3.05, 3.63) is 101 Å². The molecular formula is C29H28N2O4SSe. The van der Waals surface area contributed by atoms with E-state index in [1.807, 2.05) is 18.2 Å². The fourth-order valence-corrected chi connectivity index (χ4v) is 7.52. The van der Waals surface area contributed by atoms with Crippen LogP contribution in [-0.2, 0) is 16.7 Å². The number of pyridine rings is 1. The van der Waals surface area contributed by atoms with E-state index in [1.54, 1.807) is 7.11 Å². The third kappa shape index (κ3) is 6.05. The molecule has 0 aliphatic carbocycles. The molecular weight excluding hydrogens is 551 g/mol. The van der Waals surface area contributed by atoms with E-state index >= 15 is 0 Å². The van der Waals surface area contributed by atoms with Crippen LogP contribution in [0.2, 0.25) is 0 Å². The van der Waals surface area contributed by atoms with Crippen molar-refractivity contribution in [2.45, 2.75) is 19.4 Å². The number of methoxy groups -OCH3 is 1. The van der Waals surface area contributed by atoms with Crippen LogP contribution >= 0.6 is 0 Å². The fraction of sp³-hybridized carbons (Fsp3) is 0.207. The number of fused-ring (bicyclic) bond motifs is 2. The van der Waals surface area contributed by atoms with Gasteiger partial charge in [-0.1, -0.05) is 0 Å². The molecule has 0 saturated heterocycles. The van der Waals surface area contributed by atoms with Gasteiger partial charge in [-0.05, 0) is 0 Å². The van der Waals surface area contributed by atoms with Gasteiger partial charge in [-0.3, -0.25) is 0 Å². The molecule has 0 atom stereocenters. The summed E-state index contributed by atoms with van der Waals surface area (Å²) in [5.74, 6) is 0.503. The summed E-state index contributed by atoms with van der Waals surface area (Å²) in [4.78, 5) is 2.29. The molecule has 0 N–H and O–H groups in total. The van der Waals surface area contributed by atoms with Crippen molar-refractivity contribution in [1.82, 2.24) is 0 Å². The Bertz CT molecular complexity index is 1560. The van der Waals surface area contributed by atoms with Gasteiger partial charge in [0.1, 0.15) is 0 Å². The first-order valence-corrected chi connectivity index (χ1v) is 15.4. The van der Waals surface area contributed by atoms with Crippen molar-refractivity contribution in [2.75, 3.05) is 24.3 Å². The molecule has 0 unspecified atom stereocenters. The SMILES string of the molecule is COc1ccc2c(ccc(/C=C3\[Se]c4ccccc4N3CCCCS(=O)(=O)[O-])[n+]2Cc2ccccc2)c1. The number of ether oxygens (including phenoxy) is 1. The topological polar surface area (TPSA) is 73.5 Å². The monoisotopic (exact) mass is 580 g/mol. The van der Waals surface area contributed by atoms with Gasteiger partial charge < -0.3 is 0 Å². The second kappa shape index (κ2) is 11.1. The Morgan fingerprint density at radius 1 is 0.973 bits per heavy atom. The van der Waals surface area contributed by atoms with E-state index in [0.717, 1.165) is 28.9 Å². The van der Waals surface area contributed by atoms with Crippen molar-refractivity contribution < 1.29 is 22.3 Å². The molecule has 5 rings (SSSR count). The Labute approximate surface area is 224 Å². The van der Waals surface area contributed by atoms with Crippen LogP contribution in [0.5, 0.6) is 5.75 Å². The molecule has 37 heavy (non-hydrogen) atoms. The molecule has 2 heterocycles. The molecule has 1 aromatic heterocycles. The second-order valence-electron chi connectivity index (χ2n) is 8.93. The van der Waals surface area contributed by atoms with Crippen LogP contribution in [0.3, 0.4) is 0 Å². The Morgan fingerprint density at radius 3 is 2.54 bits per heavy atom. The van der Waals surface area contributed by atoms with Gasteiger partial charge in [-0.25, -0.2) is 0 Å². The van der Waals surface area contributed by atoms with Gasteiger partial charge in [0, 0.05) is 0 Å². The number of nitrogens with zero attached hydrogens (tertiary/aromatic N) is 2. The van der Waals surface area contributed by atoms with Gasteiger partial charge >= 0.3 is 225 Å². The van der Waals surface area contributed by atoms with Gasteiger partial charge in [0.25, 0.3) is 0 Å². The molecule has 0 radical (unpaired) electrons. The van der Waals surface area contributed by atoms with E-state index in [2.05, 4.69) is 82.3 Å². The van der Waals surface area contributed by atoms with Crippen LogP contribution in [0.25, 0.3) is 17.0 Å². The van der Waals surface area contributed by atoms with Gasteiger partial charge in [0.2, 0.25) is 0 Å². The summed E-state index contributed by atoms with van der Waals surface area (Å²) >= 11 is 0.112. The molecule has 3 aromatic carbocycles. The number of aromatic nitrogens is 1. The first kappa shape index (κ1) is 25.5. The molecule has 0 saturated carbocycles. The average molecular weight is 580 g/mol. The molecule has 0 bridgehead atoms. The van der Waals surface area contributed by atoms with Crippen LogP contribution in [-0.4, -0.2) is 47.3 Å². The molecule has 1 aliphatic rings. The summed E-state index contributed by atoms with van der Waals surface area (Å²) in [6.07, 6.45) is 3.25. The van der Waals surface area contributed by atoms with E-state index in [1.165, 1.54) is 20.3 Å². The normalized spacial score (nSPS) is 14.3. The van der Waals surface area contributed by atoms with Crippen LogP contribution in [0.1, 0.15) is 24.1 Å². The number of hydrogen-bond acceptors (Lipinski definition) is 5. The maximum absolute atomic E-state index is 11.1. The average Bonchev–Trinajstić information content (AvgIpc) is 3.24. The zero-order valence-electron chi connectivity index (χ0n) is 20.5. The number of benzene rings is 3. The maximum atomic E-state index is 11.1. The fourth-order valence-electron chi connectivity index (χ4n) is 4.58. The number of para-hydroxylation sites is 1. The second-order valence-corrected chi connectivity index (χ2v) is 12.7. The number of unbranched alkanes of at least 4 members (excludes halogenated alkanes) is 1. The van der Waals surface area contributed by atoms with Crippen LogP contribution < -0.4 is 18.7 Å². The van der Waals surface area contributed by atoms with Crippen molar-refractivity contribution in [3.63, 3.8) is 0 Å². The van der Waals surface area contributed by atoms with Gasteiger partial charge in [-0.15, -0.1) is 0 Å². The Hall–Kier alpha value is -3.16. The minimum atomic E-state index is -4.20. The molecule has 8 heteroatoms. The predicted octanol–water partition coefficient (Wildman–Crippen LogP) is 3.66. The molecule has 0 spiro atoms. The standard InChI is InChI=1S/C29H28N2O4SSe/c1-35-25-15-16-26-23(19-25)13-14-24(31(26)21-22-9-3-2-4-10-22)20-29-30(17-7-8-18-36(32,33)34)27-11-5-6-12-28(27)37-29/h2-6,9-16,19-20H,7-8,17-18,21H2,1H3. The summed E-state index contributed by atoms with van der Waals surface area (Å²) in [6.45, 7) is 1.40. The van der Waals surface area contributed by atoms with Crippen LogP contribution in [0, 0.1) is 0 Å². The molecule has 4 aromatic rings. The van der Waals surface area contributed by atoms with Gasteiger partial charge in [0.05, 0.1) is 0 Å². The zero-order valence-corrected chi connectivity index (χ0v) is 23.1. The van der Waals surface area contributed by atoms with Gasteiger partial charge in [0.15, 0.2) is 0 Å². The third-order valence-corrected chi connectivity index (χ3v) is 9.51. The van der Waals surface area contributed by atoms with Crippen molar-refractivity contribution in [2.24, 2.45) is 0 Å². The molecule has 0 fully saturated rings. The molecule has 0 amide bonds. The molecule has 1 aliphatic heterocycles. The van der Waals surface area contributed by atoms with Crippen molar-refractivity contribution in [1.29, 1.82) is 0 Å². The zero-order chi connectivity index (χ0) is 25.8. The summed E-state index contributed by atoms with van der Waals surface area (Å²) in [5, 5.41) is 1.10.